The van der Waals surface area contributed by atoms with E-state index < -0.39 is 0 Å². The molecule has 1 unspecified atom stereocenters. The number of hydrogen-bond donors (Lipinski definition) is 3. The van der Waals surface area contributed by atoms with Gasteiger partial charge in [-0.3, -0.25) is 4.79 Å². The molecule has 0 spiro atoms. The molecule has 1 aromatic carbocycles. The van der Waals surface area contributed by atoms with E-state index in [4.69, 9.17) is 9.84 Å². The molecule has 1 aromatic heterocycles. The van der Waals surface area contributed by atoms with E-state index in [1.807, 2.05) is 31.3 Å². The van der Waals surface area contributed by atoms with Gasteiger partial charge in [0.15, 0.2) is 0 Å². The molecular formula is C16H22N2O3. The SMILES string of the molecule is COc1ccc2[nH]cc(CC(=O)NC(C)CCCO)c2c1. The number of carbonyl (C=O) groups excluding carboxylic acids is 1. The maximum atomic E-state index is 12.1. The fourth-order valence-corrected chi connectivity index (χ4v) is 2.40. The number of carbonyl (C=O) groups is 1. The van der Waals surface area contributed by atoms with Crippen molar-refractivity contribution < 1.29 is 14.6 Å². The molecule has 0 radical (unpaired) electrons. The van der Waals surface area contributed by atoms with Crippen LogP contribution in [-0.2, 0) is 11.2 Å². The Morgan fingerprint density at radius 2 is 2.29 bits per heavy atom. The summed E-state index contributed by atoms with van der Waals surface area (Å²) in [7, 11) is 1.63. The van der Waals surface area contributed by atoms with E-state index in [2.05, 4.69) is 10.3 Å². The highest BCUT2D eigenvalue weighted by Gasteiger charge is 2.11. The van der Waals surface area contributed by atoms with Crippen molar-refractivity contribution in [1.82, 2.24) is 10.3 Å². The number of H-pyrrole nitrogens is 1. The molecule has 0 aliphatic carbocycles. The molecule has 0 fully saturated rings. The maximum absolute atomic E-state index is 12.1. The van der Waals surface area contributed by atoms with Crippen molar-refractivity contribution in [3.8, 4) is 5.75 Å². The first-order valence-corrected chi connectivity index (χ1v) is 7.18. The summed E-state index contributed by atoms with van der Waals surface area (Å²) in [6.07, 6.45) is 3.67. The molecule has 1 amide bonds. The number of aromatic amines is 1. The molecule has 0 bridgehead atoms. The van der Waals surface area contributed by atoms with Crippen LogP contribution in [0.15, 0.2) is 24.4 Å². The molecule has 0 aliphatic rings. The zero-order chi connectivity index (χ0) is 15.2. The van der Waals surface area contributed by atoms with E-state index in [9.17, 15) is 4.79 Å². The molecule has 0 saturated carbocycles. The van der Waals surface area contributed by atoms with Crippen LogP contribution in [0, 0.1) is 0 Å². The molecule has 5 heteroatoms. The van der Waals surface area contributed by atoms with Crippen LogP contribution in [0.25, 0.3) is 10.9 Å². The highest BCUT2D eigenvalue weighted by Crippen LogP contribution is 2.23. The molecule has 5 nitrogen and oxygen atoms in total. The van der Waals surface area contributed by atoms with E-state index >= 15 is 0 Å². The maximum Gasteiger partial charge on any atom is 0.224 e. The molecule has 21 heavy (non-hydrogen) atoms. The number of methoxy groups -OCH3 is 1. The molecule has 2 aromatic rings. The first kappa shape index (κ1) is 15.4. The first-order chi connectivity index (χ1) is 10.1. The summed E-state index contributed by atoms with van der Waals surface area (Å²) in [6.45, 7) is 2.11. The lowest BCUT2D eigenvalue weighted by atomic mass is 10.1. The molecule has 0 saturated heterocycles. The largest absolute Gasteiger partial charge is 0.497 e. The Labute approximate surface area is 124 Å². The van der Waals surface area contributed by atoms with Crippen molar-refractivity contribution in [2.75, 3.05) is 13.7 Å². The number of aliphatic hydroxyl groups excluding tert-OH is 1. The van der Waals surface area contributed by atoms with Crippen molar-refractivity contribution in [1.29, 1.82) is 0 Å². The molecule has 0 aliphatic heterocycles. The summed E-state index contributed by atoms with van der Waals surface area (Å²) in [5.41, 5.74) is 1.95. The number of ether oxygens (including phenoxy) is 1. The van der Waals surface area contributed by atoms with Crippen LogP contribution in [0.4, 0.5) is 0 Å². The lowest BCUT2D eigenvalue weighted by molar-refractivity contribution is -0.121. The van der Waals surface area contributed by atoms with Crippen LogP contribution in [0.1, 0.15) is 25.3 Å². The lowest BCUT2D eigenvalue weighted by Crippen LogP contribution is -2.33. The summed E-state index contributed by atoms with van der Waals surface area (Å²) in [4.78, 5) is 15.2. The lowest BCUT2D eigenvalue weighted by Gasteiger charge is -2.12. The fourth-order valence-electron chi connectivity index (χ4n) is 2.40. The summed E-state index contributed by atoms with van der Waals surface area (Å²) in [5.74, 6) is 0.768. The quantitative estimate of drug-likeness (QED) is 0.730. The van der Waals surface area contributed by atoms with Crippen LogP contribution in [0.2, 0.25) is 0 Å². The number of benzene rings is 1. The van der Waals surface area contributed by atoms with E-state index in [1.165, 1.54) is 0 Å². The second-order valence-electron chi connectivity index (χ2n) is 5.24. The smallest absolute Gasteiger partial charge is 0.224 e. The molecule has 1 atom stereocenters. The fraction of sp³-hybridized carbons (Fsp3) is 0.438. The average molecular weight is 290 g/mol. The van der Waals surface area contributed by atoms with Crippen molar-refractivity contribution in [2.24, 2.45) is 0 Å². The minimum Gasteiger partial charge on any atom is -0.497 e. The first-order valence-electron chi connectivity index (χ1n) is 7.18. The van der Waals surface area contributed by atoms with Crippen LogP contribution in [0.3, 0.4) is 0 Å². The number of amides is 1. The van der Waals surface area contributed by atoms with Crippen LogP contribution < -0.4 is 10.1 Å². The molecule has 114 valence electrons. The van der Waals surface area contributed by atoms with E-state index in [-0.39, 0.29) is 18.6 Å². The van der Waals surface area contributed by atoms with Gasteiger partial charge in [0.2, 0.25) is 5.91 Å². The van der Waals surface area contributed by atoms with Gasteiger partial charge in [-0.1, -0.05) is 0 Å². The highest BCUT2D eigenvalue weighted by molar-refractivity contribution is 5.89. The van der Waals surface area contributed by atoms with Gasteiger partial charge in [-0.2, -0.15) is 0 Å². The van der Waals surface area contributed by atoms with Crippen molar-refractivity contribution in [3.63, 3.8) is 0 Å². The molecular weight excluding hydrogens is 268 g/mol. The Balaban J connectivity index is 2.03. The third-order valence-electron chi connectivity index (χ3n) is 3.53. The van der Waals surface area contributed by atoms with Crippen molar-refractivity contribution in [2.45, 2.75) is 32.2 Å². The van der Waals surface area contributed by atoms with Gasteiger partial charge in [0.05, 0.1) is 13.5 Å². The average Bonchev–Trinajstić information content (AvgIpc) is 2.87. The number of nitrogens with one attached hydrogen (secondary N) is 2. The number of hydrogen-bond acceptors (Lipinski definition) is 3. The summed E-state index contributed by atoms with van der Waals surface area (Å²) in [5, 5.41) is 12.8. The topological polar surface area (TPSA) is 74.4 Å². The van der Waals surface area contributed by atoms with Crippen molar-refractivity contribution >= 4 is 16.8 Å². The molecule has 2 rings (SSSR count). The Kier molecular flexibility index (Phi) is 5.22. The van der Waals surface area contributed by atoms with Crippen LogP contribution in [-0.4, -0.2) is 35.8 Å². The Morgan fingerprint density at radius 3 is 3.00 bits per heavy atom. The van der Waals surface area contributed by atoms with Crippen LogP contribution in [0.5, 0.6) is 5.75 Å². The number of rotatable bonds is 7. The highest BCUT2D eigenvalue weighted by atomic mass is 16.5. The standard InChI is InChI=1S/C16H22N2O3/c1-11(4-3-7-19)18-16(20)8-12-10-17-15-6-5-13(21-2)9-14(12)15/h5-6,9-11,17,19H,3-4,7-8H2,1-2H3,(H,18,20). The van der Waals surface area contributed by atoms with E-state index in [0.29, 0.717) is 12.8 Å². The van der Waals surface area contributed by atoms with Crippen LogP contribution >= 0.6 is 0 Å². The molecule has 3 N–H and O–H groups in total. The molecule has 1 heterocycles. The van der Waals surface area contributed by atoms with Crippen molar-refractivity contribution in [3.05, 3.63) is 30.0 Å². The van der Waals surface area contributed by atoms with Gasteiger partial charge in [-0.25, -0.2) is 0 Å². The van der Waals surface area contributed by atoms with E-state index in [0.717, 1.165) is 28.6 Å². The Morgan fingerprint density at radius 1 is 1.48 bits per heavy atom. The number of fused-ring (bicyclic) bond motifs is 1. The van der Waals surface area contributed by atoms with Gasteiger partial charge in [0.25, 0.3) is 0 Å². The minimum absolute atomic E-state index is 0.0100. The minimum atomic E-state index is -0.0100. The summed E-state index contributed by atoms with van der Waals surface area (Å²) >= 11 is 0. The van der Waals surface area contributed by atoms with Gasteiger partial charge in [-0.05, 0) is 43.5 Å². The second-order valence-corrected chi connectivity index (χ2v) is 5.24. The zero-order valence-electron chi connectivity index (χ0n) is 12.5. The number of aliphatic hydroxyl groups is 1. The normalized spacial score (nSPS) is 12.3. The monoisotopic (exact) mass is 290 g/mol. The van der Waals surface area contributed by atoms with Gasteiger partial charge in [0.1, 0.15) is 5.75 Å². The Hall–Kier alpha value is -2.01. The van der Waals surface area contributed by atoms with E-state index in [1.54, 1.807) is 7.11 Å². The third-order valence-corrected chi connectivity index (χ3v) is 3.53. The van der Waals surface area contributed by atoms with Gasteiger partial charge in [0, 0.05) is 29.7 Å². The Bertz CT molecular complexity index is 607. The van der Waals surface area contributed by atoms with Gasteiger partial charge in [-0.15, -0.1) is 0 Å². The summed E-state index contributed by atoms with van der Waals surface area (Å²) < 4.78 is 5.22. The van der Waals surface area contributed by atoms with Gasteiger partial charge < -0.3 is 20.1 Å². The third kappa shape index (κ3) is 3.98. The predicted octanol–water partition coefficient (Wildman–Crippen LogP) is 2.00. The number of aromatic nitrogens is 1. The predicted molar refractivity (Wildman–Crippen MR) is 82.5 cm³/mol. The zero-order valence-corrected chi connectivity index (χ0v) is 12.5. The second kappa shape index (κ2) is 7.13. The summed E-state index contributed by atoms with van der Waals surface area (Å²) in [6, 6.07) is 5.84. The van der Waals surface area contributed by atoms with Gasteiger partial charge >= 0.3 is 0 Å².